The third-order valence-electron chi connectivity index (χ3n) is 4.94. The van der Waals surface area contributed by atoms with Crippen LogP contribution in [0.3, 0.4) is 0 Å². The lowest BCUT2D eigenvalue weighted by molar-refractivity contribution is 0.186. The summed E-state index contributed by atoms with van der Waals surface area (Å²) in [7, 11) is 0. The zero-order valence-corrected chi connectivity index (χ0v) is 12.9. The Hall–Kier alpha value is -1.24. The van der Waals surface area contributed by atoms with Crippen molar-refractivity contribution in [3.63, 3.8) is 0 Å². The molecule has 0 bridgehead atoms. The smallest absolute Gasteiger partial charge is 0.107 e. The Balaban J connectivity index is 1.50. The summed E-state index contributed by atoms with van der Waals surface area (Å²) in [4.78, 5) is 7.06. The number of aromatic amines is 1. The third-order valence-corrected chi connectivity index (χ3v) is 5.70. The molecule has 1 saturated carbocycles. The molecule has 4 rings (SSSR count). The van der Waals surface area contributed by atoms with Crippen LogP contribution >= 0.6 is 11.3 Å². The van der Waals surface area contributed by atoms with Gasteiger partial charge in [0.25, 0.3) is 0 Å². The van der Waals surface area contributed by atoms with Crippen LogP contribution in [0.5, 0.6) is 0 Å². The first kappa shape index (κ1) is 13.4. The lowest BCUT2D eigenvalue weighted by Crippen LogP contribution is -2.35. The largest absolute Gasteiger partial charge is 0.317 e. The maximum atomic E-state index is 4.47. The summed E-state index contributed by atoms with van der Waals surface area (Å²) in [5, 5.41) is 13.9. The van der Waals surface area contributed by atoms with Crippen LogP contribution in [0.4, 0.5) is 0 Å². The van der Waals surface area contributed by atoms with E-state index in [0.717, 1.165) is 13.1 Å². The van der Waals surface area contributed by atoms with E-state index in [0.29, 0.717) is 11.5 Å². The first-order valence-corrected chi connectivity index (χ1v) is 8.55. The summed E-state index contributed by atoms with van der Waals surface area (Å²) >= 11 is 1.75. The zero-order valence-electron chi connectivity index (χ0n) is 12.1. The second kappa shape index (κ2) is 5.51. The van der Waals surface area contributed by atoms with E-state index in [1.807, 2.05) is 12.4 Å². The van der Waals surface area contributed by atoms with E-state index >= 15 is 0 Å². The Labute approximate surface area is 128 Å². The van der Waals surface area contributed by atoms with E-state index in [4.69, 9.17) is 0 Å². The summed E-state index contributed by atoms with van der Waals surface area (Å²) < 4.78 is 0. The van der Waals surface area contributed by atoms with Crippen molar-refractivity contribution >= 4 is 11.3 Å². The van der Waals surface area contributed by atoms with Crippen LogP contribution < -0.4 is 5.32 Å². The predicted octanol–water partition coefficient (Wildman–Crippen LogP) is 2.01. The molecule has 2 fully saturated rings. The summed E-state index contributed by atoms with van der Waals surface area (Å²) in [5.74, 6) is 0. The normalized spacial score (nSPS) is 23.8. The maximum absolute atomic E-state index is 4.47. The Kier molecular flexibility index (Phi) is 3.52. The van der Waals surface area contributed by atoms with Crippen molar-refractivity contribution in [2.45, 2.75) is 38.4 Å². The molecule has 2 aromatic rings. The van der Waals surface area contributed by atoms with Crippen molar-refractivity contribution in [2.24, 2.45) is 5.41 Å². The molecule has 1 atom stereocenters. The van der Waals surface area contributed by atoms with Crippen LogP contribution in [-0.2, 0) is 13.1 Å². The van der Waals surface area contributed by atoms with Gasteiger partial charge in [-0.25, -0.2) is 4.98 Å². The van der Waals surface area contributed by atoms with Gasteiger partial charge in [-0.2, -0.15) is 5.10 Å². The third kappa shape index (κ3) is 2.75. The highest BCUT2D eigenvalue weighted by molar-refractivity contribution is 7.09. The molecule has 3 heterocycles. The van der Waals surface area contributed by atoms with E-state index in [9.17, 15) is 0 Å². The number of thiazole rings is 1. The summed E-state index contributed by atoms with van der Waals surface area (Å²) in [6, 6.07) is 2.78. The SMILES string of the molecule is c1cc(CN(Cc2nccs2)[C@@H]2CC23CCNCC3)[nH]n1. The molecule has 112 valence electrons. The van der Waals surface area contributed by atoms with Crippen LogP contribution in [0, 0.1) is 5.41 Å². The summed E-state index contributed by atoms with van der Waals surface area (Å²) in [6.45, 7) is 4.24. The van der Waals surface area contributed by atoms with Crippen molar-refractivity contribution in [1.29, 1.82) is 0 Å². The number of piperidine rings is 1. The fourth-order valence-electron chi connectivity index (χ4n) is 3.68. The van der Waals surface area contributed by atoms with E-state index in [-0.39, 0.29) is 0 Å². The lowest BCUT2D eigenvalue weighted by Gasteiger charge is -2.28. The number of hydrogen-bond acceptors (Lipinski definition) is 5. The molecule has 1 aliphatic carbocycles. The van der Waals surface area contributed by atoms with E-state index < -0.39 is 0 Å². The van der Waals surface area contributed by atoms with Gasteiger partial charge < -0.3 is 5.32 Å². The second-order valence-corrected chi connectivity index (χ2v) is 7.22. The summed E-state index contributed by atoms with van der Waals surface area (Å²) in [6.07, 6.45) is 7.71. The molecule has 0 amide bonds. The molecule has 2 aromatic heterocycles. The standard InChI is InChI=1S/C15H21N5S/c1-4-18-19-12(1)10-20(11-14-17-7-8-21-14)13-9-15(13)2-5-16-6-3-15/h1,4,7-8,13,16H,2-3,5-6,9-11H2,(H,18,19)/t13-/m1/s1. The topological polar surface area (TPSA) is 56.8 Å². The van der Waals surface area contributed by atoms with E-state index in [1.165, 1.54) is 43.1 Å². The van der Waals surface area contributed by atoms with Crippen LogP contribution in [0.15, 0.2) is 23.8 Å². The van der Waals surface area contributed by atoms with Gasteiger partial charge in [0.2, 0.25) is 0 Å². The monoisotopic (exact) mass is 303 g/mol. The Morgan fingerprint density at radius 1 is 1.29 bits per heavy atom. The Bertz CT molecular complexity index is 523. The highest BCUT2D eigenvalue weighted by Crippen LogP contribution is 2.56. The highest BCUT2D eigenvalue weighted by Gasteiger charge is 2.56. The van der Waals surface area contributed by atoms with Gasteiger partial charge in [-0.3, -0.25) is 10.00 Å². The molecule has 21 heavy (non-hydrogen) atoms. The van der Waals surface area contributed by atoms with Gasteiger partial charge in [0.05, 0.1) is 6.54 Å². The summed E-state index contributed by atoms with van der Waals surface area (Å²) in [5.41, 5.74) is 1.75. The molecule has 0 radical (unpaired) electrons. The van der Waals surface area contributed by atoms with Crippen molar-refractivity contribution < 1.29 is 0 Å². The quantitative estimate of drug-likeness (QED) is 0.887. The molecule has 2 aliphatic rings. The minimum atomic E-state index is 0.558. The first-order valence-electron chi connectivity index (χ1n) is 7.67. The van der Waals surface area contributed by atoms with Crippen LogP contribution in [0.1, 0.15) is 30.0 Å². The van der Waals surface area contributed by atoms with Crippen molar-refractivity contribution in [2.75, 3.05) is 13.1 Å². The molecule has 5 nitrogen and oxygen atoms in total. The van der Waals surface area contributed by atoms with Crippen LogP contribution in [0.2, 0.25) is 0 Å². The van der Waals surface area contributed by atoms with Gasteiger partial charge in [0.1, 0.15) is 5.01 Å². The average molecular weight is 303 g/mol. The van der Waals surface area contributed by atoms with Crippen molar-refractivity contribution in [3.05, 3.63) is 34.5 Å². The molecule has 1 aliphatic heterocycles. The molecule has 2 N–H and O–H groups in total. The maximum Gasteiger partial charge on any atom is 0.107 e. The van der Waals surface area contributed by atoms with Gasteiger partial charge in [0.15, 0.2) is 0 Å². The number of H-pyrrole nitrogens is 1. The number of rotatable bonds is 5. The zero-order chi connectivity index (χ0) is 14.1. The first-order chi connectivity index (χ1) is 10.4. The predicted molar refractivity (Wildman–Crippen MR) is 82.9 cm³/mol. The number of nitrogens with one attached hydrogen (secondary N) is 2. The minimum absolute atomic E-state index is 0.558. The van der Waals surface area contributed by atoms with E-state index in [1.54, 1.807) is 11.3 Å². The molecule has 1 saturated heterocycles. The highest BCUT2D eigenvalue weighted by atomic mass is 32.1. The molecular formula is C15H21N5S. The molecule has 1 spiro atoms. The molecule has 6 heteroatoms. The minimum Gasteiger partial charge on any atom is -0.317 e. The second-order valence-electron chi connectivity index (χ2n) is 6.24. The Morgan fingerprint density at radius 3 is 2.90 bits per heavy atom. The molecular weight excluding hydrogens is 282 g/mol. The van der Waals surface area contributed by atoms with Crippen molar-refractivity contribution in [3.8, 4) is 0 Å². The number of hydrogen-bond donors (Lipinski definition) is 2. The van der Waals surface area contributed by atoms with Crippen LogP contribution in [-0.4, -0.2) is 39.2 Å². The van der Waals surface area contributed by atoms with E-state index in [2.05, 4.69) is 36.8 Å². The van der Waals surface area contributed by atoms with Gasteiger partial charge in [-0.1, -0.05) is 0 Å². The number of aromatic nitrogens is 3. The fourth-order valence-corrected chi connectivity index (χ4v) is 4.32. The van der Waals surface area contributed by atoms with Gasteiger partial charge in [-0.15, -0.1) is 11.3 Å². The van der Waals surface area contributed by atoms with Crippen LogP contribution in [0.25, 0.3) is 0 Å². The number of nitrogens with zero attached hydrogens (tertiary/aromatic N) is 3. The lowest BCUT2D eigenvalue weighted by atomic mass is 9.93. The van der Waals surface area contributed by atoms with Crippen molar-refractivity contribution in [1.82, 2.24) is 25.4 Å². The van der Waals surface area contributed by atoms with Gasteiger partial charge in [0, 0.05) is 36.1 Å². The molecule has 0 aromatic carbocycles. The molecule has 0 unspecified atom stereocenters. The van der Waals surface area contributed by atoms with Gasteiger partial charge in [-0.05, 0) is 43.8 Å². The fraction of sp³-hybridized carbons (Fsp3) is 0.600. The Morgan fingerprint density at radius 2 is 2.19 bits per heavy atom. The van der Waals surface area contributed by atoms with Gasteiger partial charge >= 0.3 is 0 Å². The average Bonchev–Trinajstić information content (AvgIpc) is 2.96.